The van der Waals surface area contributed by atoms with E-state index in [1.54, 1.807) is 14.0 Å². The number of hydrogen-bond donors (Lipinski definition) is 1. The number of aryl methyl sites for hydroxylation is 2. The standard InChI is InChI=1S/C15H23NO3/c1-10-6-11(2)8-14(7-10)19-13(4)15(17)16-12(3)9-18-5/h6-8,12-13H,9H2,1-5H3,(H,16,17)/t12-,13+/m1/s1. The van der Waals surface area contributed by atoms with Gasteiger partial charge in [-0.2, -0.15) is 0 Å². The molecule has 0 radical (unpaired) electrons. The van der Waals surface area contributed by atoms with Crippen molar-refractivity contribution in [3.05, 3.63) is 29.3 Å². The van der Waals surface area contributed by atoms with Crippen LogP contribution in [0.3, 0.4) is 0 Å². The first-order chi connectivity index (χ1) is 8.92. The largest absolute Gasteiger partial charge is 0.481 e. The number of carbonyl (C=O) groups excluding carboxylic acids is 1. The van der Waals surface area contributed by atoms with Gasteiger partial charge in [0.1, 0.15) is 5.75 Å². The fourth-order valence-electron chi connectivity index (χ4n) is 1.91. The summed E-state index contributed by atoms with van der Waals surface area (Å²) in [5.74, 6) is 0.586. The maximum Gasteiger partial charge on any atom is 0.261 e. The summed E-state index contributed by atoms with van der Waals surface area (Å²) < 4.78 is 10.6. The first-order valence-corrected chi connectivity index (χ1v) is 6.46. The van der Waals surface area contributed by atoms with Gasteiger partial charge in [0, 0.05) is 13.2 Å². The van der Waals surface area contributed by atoms with Gasteiger partial charge in [-0.05, 0) is 51.0 Å². The van der Waals surface area contributed by atoms with Gasteiger partial charge in [-0.15, -0.1) is 0 Å². The van der Waals surface area contributed by atoms with E-state index in [2.05, 4.69) is 11.4 Å². The third-order valence-corrected chi connectivity index (χ3v) is 2.68. The van der Waals surface area contributed by atoms with E-state index in [4.69, 9.17) is 9.47 Å². The Morgan fingerprint density at radius 3 is 2.32 bits per heavy atom. The fourth-order valence-corrected chi connectivity index (χ4v) is 1.91. The highest BCUT2D eigenvalue weighted by Crippen LogP contribution is 2.17. The third kappa shape index (κ3) is 5.30. The number of amides is 1. The topological polar surface area (TPSA) is 47.6 Å². The van der Waals surface area contributed by atoms with E-state index >= 15 is 0 Å². The Balaban J connectivity index is 2.58. The second-order valence-electron chi connectivity index (χ2n) is 4.95. The Morgan fingerprint density at radius 1 is 1.21 bits per heavy atom. The van der Waals surface area contributed by atoms with E-state index in [1.807, 2.05) is 32.9 Å². The molecule has 4 nitrogen and oxygen atoms in total. The van der Waals surface area contributed by atoms with Crippen LogP contribution in [0.5, 0.6) is 5.75 Å². The van der Waals surface area contributed by atoms with Crippen LogP contribution in [0.2, 0.25) is 0 Å². The minimum atomic E-state index is -0.527. The molecule has 4 heteroatoms. The molecule has 19 heavy (non-hydrogen) atoms. The SMILES string of the molecule is COC[C@@H](C)NC(=O)[C@H](C)Oc1cc(C)cc(C)c1. The van der Waals surface area contributed by atoms with Gasteiger partial charge in [0.2, 0.25) is 0 Å². The number of hydrogen-bond acceptors (Lipinski definition) is 3. The summed E-state index contributed by atoms with van der Waals surface area (Å²) >= 11 is 0. The average molecular weight is 265 g/mol. The van der Waals surface area contributed by atoms with Gasteiger partial charge in [0.05, 0.1) is 6.61 Å². The van der Waals surface area contributed by atoms with Crippen LogP contribution in [-0.4, -0.2) is 31.8 Å². The molecule has 0 aliphatic rings. The molecule has 0 fully saturated rings. The molecule has 0 saturated carbocycles. The van der Waals surface area contributed by atoms with Crippen LogP contribution >= 0.6 is 0 Å². The number of ether oxygens (including phenoxy) is 2. The molecule has 106 valence electrons. The molecule has 0 spiro atoms. The second kappa shape index (κ2) is 7.14. The van der Waals surface area contributed by atoms with Crippen molar-refractivity contribution < 1.29 is 14.3 Å². The van der Waals surface area contributed by atoms with Gasteiger partial charge in [-0.25, -0.2) is 0 Å². The van der Waals surface area contributed by atoms with Gasteiger partial charge >= 0.3 is 0 Å². The maximum absolute atomic E-state index is 11.9. The maximum atomic E-state index is 11.9. The fraction of sp³-hybridized carbons (Fsp3) is 0.533. The van der Waals surface area contributed by atoms with Crippen molar-refractivity contribution in [1.82, 2.24) is 5.32 Å². The van der Waals surface area contributed by atoms with Gasteiger partial charge in [0.25, 0.3) is 5.91 Å². The number of carbonyl (C=O) groups is 1. The summed E-state index contributed by atoms with van der Waals surface area (Å²) in [6.45, 7) is 8.13. The van der Waals surface area contributed by atoms with Crippen molar-refractivity contribution in [3.8, 4) is 5.75 Å². The van der Waals surface area contributed by atoms with E-state index in [1.165, 1.54) is 0 Å². The molecule has 1 rings (SSSR count). The highest BCUT2D eigenvalue weighted by Gasteiger charge is 2.16. The van der Waals surface area contributed by atoms with Gasteiger partial charge in [-0.1, -0.05) is 6.07 Å². The number of methoxy groups -OCH3 is 1. The summed E-state index contributed by atoms with van der Waals surface area (Å²) in [7, 11) is 1.61. The van der Waals surface area contributed by atoms with Crippen molar-refractivity contribution in [2.75, 3.05) is 13.7 Å². The van der Waals surface area contributed by atoms with Crippen molar-refractivity contribution in [3.63, 3.8) is 0 Å². The summed E-state index contributed by atoms with van der Waals surface area (Å²) in [4.78, 5) is 11.9. The summed E-state index contributed by atoms with van der Waals surface area (Å²) in [6.07, 6.45) is -0.527. The number of benzene rings is 1. The van der Waals surface area contributed by atoms with E-state index in [-0.39, 0.29) is 11.9 Å². The normalized spacial score (nSPS) is 13.7. The molecule has 1 N–H and O–H groups in total. The summed E-state index contributed by atoms with van der Waals surface area (Å²) in [6, 6.07) is 5.89. The van der Waals surface area contributed by atoms with Gasteiger partial charge < -0.3 is 14.8 Å². The Hall–Kier alpha value is -1.55. The molecule has 0 aliphatic carbocycles. The molecule has 2 atom stereocenters. The van der Waals surface area contributed by atoms with Crippen LogP contribution < -0.4 is 10.1 Å². The smallest absolute Gasteiger partial charge is 0.261 e. The lowest BCUT2D eigenvalue weighted by Crippen LogP contribution is -2.43. The van der Waals surface area contributed by atoms with Crippen molar-refractivity contribution in [2.45, 2.75) is 39.8 Å². The molecule has 0 bridgehead atoms. The zero-order valence-electron chi connectivity index (χ0n) is 12.3. The van der Waals surface area contributed by atoms with Crippen molar-refractivity contribution in [1.29, 1.82) is 0 Å². The Kier molecular flexibility index (Phi) is 5.83. The van der Waals surface area contributed by atoms with E-state index in [9.17, 15) is 4.79 Å². The molecule has 0 aromatic heterocycles. The molecule has 1 aromatic rings. The van der Waals surface area contributed by atoms with Crippen LogP contribution in [0.25, 0.3) is 0 Å². The van der Waals surface area contributed by atoms with Crippen molar-refractivity contribution >= 4 is 5.91 Å². The molecule has 0 saturated heterocycles. The summed E-state index contributed by atoms with van der Waals surface area (Å²) in [5, 5.41) is 2.84. The lowest BCUT2D eigenvalue weighted by atomic mass is 10.1. The minimum Gasteiger partial charge on any atom is -0.481 e. The van der Waals surface area contributed by atoms with E-state index < -0.39 is 6.10 Å². The average Bonchev–Trinajstić information content (AvgIpc) is 2.27. The first-order valence-electron chi connectivity index (χ1n) is 6.46. The van der Waals surface area contributed by atoms with Gasteiger partial charge in [-0.3, -0.25) is 4.79 Å². The highest BCUT2D eigenvalue weighted by atomic mass is 16.5. The lowest BCUT2D eigenvalue weighted by molar-refractivity contribution is -0.128. The zero-order chi connectivity index (χ0) is 14.4. The lowest BCUT2D eigenvalue weighted by Gasteiger charge is -2.18. The van der Waals surface area contributed by atoms with Crippen LogP contribution in [0, 0.1) is 13.8 Å². The molecule has 1 amide bonds. The molecule has 1 aromatic carbocycles. The Bertz CT molecular complexity index is 411. The highest BCUT2D eigenvalue weighted by molar-refractivity contribution is 5.81. The van der Waals surface area contributed by atoms with Crippen LogP contribution in [0.1, 0.15) is 25.0 Å². The Morgan fingerprint density at radius 2 is 1.79 bits per heavy atom. The third-order valence-electron chi connectivity index (χ3n) is 2.68. The summed E-state index contributed by atoms with van der Waals surface area (Å²) in [5.41, 5.74) is 2.24. The number of nitrogens with one attached hydrogen (secondary N) is 1. The molecule has 0 unspecified atom stereocenters. The quantitative estimate of drug-likeness (QED) is 0.858. The van der Waals surface area contributed by atoms with Crippen LogP contribution in [0.4, 0.5) is 0 Å². The Labute approximate surface area is 115 Å². The van der Waals surface area contributed by atoms with Crippen LogP contribution in [0.15, 0.2) is 18.2 Å². The molecule has 0 heterocycles. The zero-order valence-corrected chi connectivity index (χ0v) is 12.3. The second-order valence-corrected chi connectivity index (χ2v) is 4.95. The predicted octanol–water partition coefficient (Wildman–Crippen LogP) is 2.22. The molecular formula is C15H23NO3. The van der Waals surface area contributed by atoms with E-state index in [0.717, 1.165) is 16.9 Å². The monoisotopic (exact) mass is 265 g/mol. The predicted molar refractivity (Wildman–Crippen MR) is 75.5 cm³/mol. The van der Waals surface area contributed by atoms with Gasteiger partial charge in [0.15, 0.2) is 6.10 Å². The first kappa shape index (κ1) is 15.5. The van der Waals surface area contributed by atoms with E-state index in [0.29, 0.717) is 6.61 Å². The van der Waals surface area contributed by atoms with Crippen molar-refractivity contribution in [2.24, 2.45) is 0 Å². The molecular weight excluding hydrogens is 242 g/mol. The molecule has 0 aliphatic heterocycles. The number of rotatable bonds is 6. The van der Waals surface area contributed by atoms with Crippen LogP contribution in [-0.2, 0) is 9.53 Å². The minimum absolute atomic E-state index is 0.0252.